The van der Waals surface area contributed by atoms with Gasteiger partial charge in [-0.15, -0.1) is 0 Å². The topological polar surface area (TPSA) is 26.3 Å². The standard InChI is InChI=1S/C5H8O2.C2H2Cl2/c1-3-5(6)7-4-2;3-1-2-4/h3H,1,4H2,2H3;1-2H. The number of hydrogen-bond acceptors (Lipinski definition) is 2. The molecule has 0 aromatic rings. The Balaban J connectivity index is 0. The summed E-state index contributed by atoms with van der Waals surface area (Å²) >= 11 is 9.75. The SMILES string of the molecule is C=CC(=O)OCC.ClC=CCl. The lowest BCUT2D eigenvalue weighted by Crippen LogP contribution is -1.97. The largest absolute Gasteiger partial charge is 0.463 e. The molecule has 0 aliphatic heterocycles. The van der Waals surface area contributed by atoms with Crippen LogP contribution in [0.2, 0.25) is 0 Å². The summed E-state index contributed by atoms with van der Waals surface area (Å²) in [7, 11) is 0. The Morgan fingerprint density at radius 3 is 2.09 bits per heavy atom. The molecule has 0 fully saturated rings. The van der Waals surface area contributed by atoms with E-state index in [0.29, 0.717) is 6.61 Å². The molecule has 0 saturated carbocycles. The summed E-state index contributed by atoms with van der Waals surface area (Å²) in [6.07, 6.45) is 1.14. The van der Waals surface area contributed by atoms with Crippen LogP contribution in [0.5, 0.6) is 0 Å². The van der Waals surface area contributed by atoms with Crippen molar-refractivity contribution in [1.29, 1.82) is 0 Å². The quantitative estimate of drug-likeness (QED) is 0.502. The van der Waals surface area contributed by atoms with Crippen molar-refractivity contribution in [3.63, 3.8) is 0 Å². The van der Waals surface area contributed by atoms with E-state index in [0.717, 1.165) is 6.08 Å². The number of carbonyl (C=O) groups is 1. The number of hydrogen-bond donors (Lipinski definition) is 0. The Morgan fingerprint density at radius 1 is 1.55 bits per heavy atom. The minimum atomic E-state index is -0.359. The highest BCUT2D eigenvalue weighted by Crippen LogP contribution is 1.78. The van der Waals surface area contributed by atoms with Crippen molar-refractivity contribution in [2.45, 2.75) is 6.92 Å². The first-order valence-corrected chi connectivity index (χ1v) is 3.74. The molecule has 64 valence electrons. The molecule has 0 radical (unpaired) electrons. The van der Waals surface area contributed by atoms with Crippen molar-refractivity contribution in [3.05, 3.63) is 23.7 Å². The molecule has 0 atom stereocenters. The van der Waals surface area contributed by atoms with Gasteiger partial charge in [-0.25, -0.2) is 4.79 Å². The summed E-state index contributed by atoms with van der Waals surface area (Å²) in [4.78, 5) is 10.1. The molecule has 4 heteroatoms. The van der Waals surface area contributed by atoms with Gasteiger partial charge in [0.15, 0.2) is 0 Å². The Bertz CT molecular complexity index is 128. The second-order valence-corrected chi connectivity index (χ2v) is 1.71. The second kappa shape index (κ2) is 12.2. The van der Waals surface area contributed by atoms with Crippen LogP contribution >= 0.6 is 23.2 Å². The average Bonchev–Trinajstić information content (AvgIpc) is 2.05. The monoisotopic (exact) mass is 196 g/mol. The first-order chi connectivity index (χ1) is 5.22. The van der Waals surface area contributed by atoms with Crippen LogP contribution in [-0.4, -0.2) is 12.6 Å². The maximum absolute atomic E-state index is 10.1. The molecular weight excluding hydrogens is 187 g/mol. The van der Waals surface area contributed by atoms with E-state index in [1.807, 2.05) is 0 Å². The highest BCUT2D eigenvalue weighted by atomic mass is 35.5. The van der Waals surface area contributed by atoms with E-state index in [1.54, 1.807) is 6.92 Å². The van der Waals surface area contributed by atoms with Crippen molar-refractivity contribution >= 4 is 29.2 Å². The summed E-state index contributed by atoms with van der Waals surface area (Å²) in [6.45, 7) is 5.38. The van der Waals surface area contributed by atoms with Crippen LogP contribution in [0, 0.1) is 0 Å². The molecule has 0 aliphatic carbocycles. The Hall–Kier alpha value is -0.470. The van der Waals surface area contributed by atoms with Crippen molar-refractivity contribution in [2.24, 2.45) is 0 Å². The normalized spacial score (nSPS) is 8.27. The van der Waals surface area contributed by atoms with Crippen molar-refractivity contribution in [1.82, 2.24) is 0 Å². The number of esters is 1. The lowest BCUT2D eigenvalue weighted by atomic mass is 10.6. The van der Waals surface area contributed by atoms with E-state index >= 15 is 0 Å². The minimum absolute atomic E-state index is 0.359. The maximum Gasteiger partial charge on any atom is 0.330 e. The highest BCUT2D eigenvalue weighted by Gasteiger charge is 1.86. The van der Waals surface area contributed by atoms with Crippen LogP contribution in [0.1, 0.15) is 6.92 Å². The van der Waals surface area contributed by atoms with Gasteiger partial charge in [0.05, 0.1) is 6.61 Å². The molecule has 0 heterocycles. The minimum Gasteiger partial charge on any atom is -0.463 e. The lowest BCUT2D eigenvalue weighted by molar-refractivity contribution is -0.137. The van der Waals surface area contributed by atoms with Crippen LogP contribution < -0.4 is 0 Å². The third-order valence-corrected chi connectivity index (χ3v) is 0.882. The van der Waals surface area contributed by atoms with Gasteiger partial charge >= 0.3 is 5.97 Å². The summed E-state index contributed by atoms with van der Waals surface area (Å²) in [5, 5.41) is 0. The first-order valence-electron chi connectivity index (χ1n) is 2.87. The lowest BCUT2D eigenvalue weighted by Gasteiger charge is -1.90. The van der Waals surface area contributed by atoms with Crippen molar-refractivity contribution in [2.75, 3.05) is 6.61 Å². The van der Waals surface area contributed by atoms with Gasteiger partial charge in [0.1, 0.15) is 0 Å². The molecule has 0 amide bonds. The van der Waals surface area contributed by atoms with Crippen LogP contribution in [0.25, 0.3) is 0 Å². The van der Waals surface area contributed by atoms with Gasteiger partial charge in [0.25, 0.3) is 0 Å². The molecule has 0 bridgehead atoms. The number of ether oxygens (including phenoxy) is 1. The molecule has 0 spiro atoms. The molecule has 0 saturated heterocycles. The molecule has 0 unspecified atom stereocenters. The van der Waals surface area contributed by atoms with Crippen LogP contribution in [0.4, 0.5) is 0 Å². The van der Waals surface area contributed by atoms with Crippen LogP contribution in [0.3, 0.4) is 0 Å². The number of halogens is 2. The highest BCUT2D eigenvalue weighted by molar-refractivity contribution is 6.33. The van der Waals surface area contributed by atoms with Gasteiger partial charge in [-0.05, 0) is 6.92 Å². The third kappa shape index (κ3) is 17.7. The third-order valence-electron chi connectivity index (χ3n) is 0.501. The molecule has 11 heavy (non-hydrogen) atoms. The zero-order chi connectivity index (χ0) is 9.11. The Labute approximate surface area is 76.4 Å². The summed E-state index contributed by atoms with van der Waals surface area (Å²) in [5.41, 5.74) is 2.48. The van der Waals surface area contributed by atoms with E-state index in [-0.39, 0.29) is 5.97 Å². The summed E-state index contributed by atoms with van der Waals surface area (Å²) in [6, 6.07) is 0. The number of carbonyl (C=O) groups excluding carboxylic acids is 1. The second-order valence-electron chi connectivity index (χ2n) is 1.21. The Morgan fingerprint density at radius 2 is 2.00 bits per heavy atom. The van der Waals surface area contributed by atoms with Crippen molar-refractivity contribution < 1.29 is 9.53 Å². The van der Waals surface area contributed by atoms with Gasteiger partial charge < -0.3 is 4.74 Å². The van der Waals surface area contributed by atoms with E-state index in [1.165, 1.54) is 11.1 Å². The van der Waals surface area contributed by atoms with Crippen LogP contribution in [0.15, 0.2) is 23.7 Å². The maximum atomic E-state index is 10.1. The van der Waals surface area contributed by atoms with Gasteiger partial charge in [-0.2, -0.15) is 0 Å². The molecule has 0 N–H and O–H groups in total. The van der Waals surface area contributed by atoms with Gasteiger partial charge in [-0.1, -0.05) is 29.8 Å². The smallest absolute Gasteiger partial charge is 0.330 e. The van der Waals surface area contributed by atoms with Crippen LogP contribution in [-0.2, 0) is 9.53 Å². The van der Waals surface area contributed by atoms with Crippen molar-refractivity contribution in [3.8, 4) is 0 Å². The fourth-order valence-electron chi connectivity index (χ4n) is 0.201. The molecule has 2 nitrogen and oxygen atoms in total. The van der Waals surface area contributed by atoms with Gasteiger partial charge in [0, 0.05) is 17.1 Å². The van der Waals surface area contributed by atoms with E-state index in [4.69, 9.17) is 23.2 Å². The fourth-order valence-corrected chi connectivity index (χ4v) is 0.201. The Kier molecular flexibility index (Phi) is 14.6. The van der Waals surface area contributed by atoms with Gasteiger partial charge in [-0.3, -0.25) is 0 Å². The zero-order valence-electron chi connectivity index (χ0n) is 6.22. The van der Waals surface area contributed by atoms with E-state index < -0.39 is 0 Å². The van der Waals surface area contributed by atoms with E-state index in [9.17, 15) is 4.79 Å². The van der Waals surface area contributed by atoms with E-state index in [2.05, 4.69) is 11.3 Å². The first kappa shape index (κ1) is 13.1. The zero-order valence-corrected chi connectivity index (χ0v) is 7.73. The molecule has 0 aromatic carbocycles. The average molecular weight is 197 g/mol. The predicted octanol–water partition coefficient (Wildman–Crippen LogP) is 2.67. The molecular formula is C7H10Cl2O2. The molecule has 0 rings (SSSR count). The fraction of sp³-hybridized carbons (Fsp3) is 0.286. The molecule has 0 aliphatic rings. The molecule has 0 aromatic heterocycles. The summed E-state index contributed by atoms with van der Waals surface area (Å²) in [5.74, 6) is -0.359. The number of rotatable bonds is 2. The van der Waals surface area contributed by atoms with Gasteiger partial charge in [0.2, 0.25) is 0 Å². The summed E-state index contributed by atoms with van der Waals surface area (Å²) < 4.78 is 4.43. The predicted molar refractivity (Wildman–Crippen MR) is 47.7 cm³/mol.